The molecule has 0 bridgehead atoms. The molecule has 0 atom stereocenters. The molecule has 10 heteroatoms. The molecular formula is C30H30Cl2N4O3S. The summed E-state index contributed by atoms with van der Waals surface area (Å²) in [7, 11) is -4.03. The van der Waals surface area contributed by atoms with Gasteiger partial charge in [0.2, 0.25) is 0 Å². The number of amides is 1. The van der Waals surface area contributed by atoms with E-state index in [4.69, 9.17) is 23.2 Å². The Balaban J connectivity index is 1.58. The number of hydrogen-bond acceptors (Lipinski definition) is 4. The van der Waals surface area contributed by atoms with E-state index in [-0.39, 0.29) is 4.90 Å². The molecule has 0 aliphatic heterocycles. The lowest BCUT2D eigenvalue weighted by molar-refractivity contribution is -0.119. The monoisotopic (exact) mass is 596 g/mol. The van der Waals surface area contributed by atoms with E-state index in [1.165, 1.54) is 18.3 Å². The second-order valence-corrected chi connectivity index (χ2v) is 12.3. The van der Waals surface area contributed by atoms with Crippen molar-refractivity contribution in [1.29, 1.82) is 0 Å². The first kappa shape index (κ1) is 29.4. The van der Waals surface area contributed by atoms with E-state index in [2.05, 4.69) is 10.5 Å². The van der Waals surface area contributed by atoms with Gasteiger partial charge in [0.1, 0.15) is 6.54 Å². The van der Waals surface area contributed by atoms with Crippen LogP contribution in [0.5, 0.6) is 0 Å². The summed E-state index contributed by atoms with van der Waals surface area (Å²) >= 11 is 12.6. The summed E-state index contributed by atoms with van der Waals surface area (Å²) in [6.45, 7) is 9.10. The van der Waals surface area contributed by atoms with Crippen molar-refractivity contribution in [3.63, 3.8) is 0 Å². The van der Waals surface area contributed by atoms with Crippen LogP contribution in [0.3, 0.4) is 0 Å². The number of benzene rings is 3. The minimum atomic E-state index is -4.03. The first-order valence-electron chi connectivity index (χ1n) is 12.5. The molecule has 0 aliphatic carbocycles. The van der Waals surface area contributed by atoms with E-state index in [1.807, 2.05) is 63.5 Å². The Bertz CT molecular complexity index is 1710. The van der Waals surface area contributed by atoms with Gasteiger partial charge >= 0.3 is 0 Å². The summed E-state index contributed by atoms with van der Waals surface area (Å²) in [6.07, 6.45) is 1.52. The number of aryl methyl sites for hydroxylation is 4. The molecule has 0 spiro atoms. The third kappa shape index (κ3) is 6.09. The Labute approximate surface area is 245 Å². The van der Waals surface area contributed by atoms with Crippen LogP contribution >= 0.6 is 23.2 Å². The van der Waals surface area contributed by atoms with E-state index in [0.717, 1.165) is 43.6 Å². The van der Waals surface area contributed by atoms with Crippen molar-refractivity contribution in [2.45, 2.75) is 39.5 Å². The van der Waals surface area contributed by atoms with Crippen LogP contribution in [-0.4, -0.2) is 31.7 Å². The summed E-state index contributed by atoms with van der Waals surface area (Å²) in [6, 6.07) is 19.1. The first-order chi connectivity index (χ1) is 18.9. The van der Waals surface area contributed by atoms with Crippen molar-refractivity contribution in [2.24, 2.45) is 5.10 Å². The van der Waals surface area contributed by atoms with Crippen LogP contribution in [0.2, 0.25) is 10.0 Å². The highest BCUT2D eigenvalue weighted by molar-refractivity contribution is 7.92. The summed E-state index contributed by atoms with van der Waals surface area (Å²) in [5, 5.41) is 5.00. The zero-order chi connectivity index (χ0) is 29.2. The molecule has 1 heterocycles. The molecule has 1 aromatic heterocycles. The number of sulfonamides is 1. The number of nitrogens with one attached hydrogen (secondary N) is 1. The van der Waals surface area contributed by atoms with E-state index in [1.54, 1.807) is 30.3 Å². The molecule has 1 amide bonds. The Hall–Kier alpha value is -3.59. The molecule has 4 aromatic rings. The maximum Gasteiger partial charge on any atom is 0.264 e. The summed E-state index contributed by atoms with van der Waals surface area (Å²) in [5.41, 5.74) is 8.97. The van der Waals surface area contributed by atoms with Crippen LogP contribution in [-0.2, 0) is 14.8 Å². The lowest BCUT2D eigenvalue weighted by Gasteiger charge is -2.24. The van der Waals surface area contributed by atoms with Gasteiger partial charge in [-0.2, -0.15) is 5.10 Å². The maximum absolute atomic E-state index is 13.6. The van der Waals surface area contributed by atoms with Gasteiger partial charge in [0, 0.05) is 17.0 Å². The van der Waals surface area contributed by atoms with E-state index in [9.17, 15) is 13.2 Å². The fraction of sp³-hybridized carbons (Fsp3) is 0.200. The highest BCUT2D eigenvalue weighted by Crippen LogP contribution is 2.31. The SMILES string of the molecule is Cc1ccc(S(=O)(=O)N(CC(=O)N/N=C\c2cc(C)n(-c3cccc(Cl)c3Cl)c2C)c2ccc(C)c(C)c2)cc1. The van der Waals surface area contributed by atoms with Crippen LogP contribution in [0.15, 0.2) is 76.7 Å². The molecule has 7 nitrogen and oxygen atoms in total. The third-order valence-corrected chi connectivity index (χ3v) is 9.31. The number of aromatic nitrogens is 1. The third-order valence-electron chi connectivity index (χ3n) is 6.71. The van der Waals surface area contributed by atoms with Crippen molar-refractivity contribution in [1.82, 2.24) is 9.99 Å². The molecule has 208 valence electrons. The van der Waals surface area contributed by atoms with Crippen LogP contribution in [0.1, 0.15) is 33.6 Å². The smallest absolute Gasteiger partial charge is 0.264 e. The summed E-state index contributed by atoms with van der Waals surface area (Å²) in [5.74, 6) is -0.586. The van der Waals surface area contributed by atoms with Gasteiger partial charge in [0.15, 0.2) is 0 Å². The van der Waals surface area contributed by atoms with Crippen molar-refractivity contribution < 1.29 is 13.2 Å². The Morgan fingerprint density at radius 1 is 0.950 bits per heavy atom. The normalized spacial score (nSPS) is 11.7. The van der Waals surface area contributed by atoms with Crippen molar-refractivity contribution >= 4 is 51.0 Å². The number of rotatable bonds is 8. The molecule has 3 aromatic carbocycles. The number of hydrogen-bond donors (Lipinski definition) is 1. The zero-order valence-electron chi connectivity index (χ0n) is 22.9. The molecule has 0 radical (unpaired) electrons. The predicted molar refractivity (Wildman–Crippen MR) is 163 cm³/mol. The standard InChI is InChI=1S/C30H30Cl2N4O3S/c1-19-9-13-26(14-10-19)40(38,39)35(25-12-11-20(2)21(3)15-25)18-29(37)34-33-17-24-16-22(4)36(23(24)5)28-8-6-7-27(31)30(28)32/h6-17H,18H2,1-5H3,(H,34,37)/b33-17-. The topological polar surface area (TPSA) is 83.8 Å². The average Bonchev–Trinajstić information content (AvgIpc) is 3.18. The highest BCUT2D eigenvalue weighted by atomic mass is 35.5. The van der Waals surface area contributed by atoms with Crippen LogP contribution in [0.25, 0.3) is 5.69 Å². The number of carbonyl (C=O) groups is 1. The first-order valence-corrected chi connectivity index (χ1v) is 14.7. The quantitative estimate of drug-likeness (QED) is 0.182. The molecule has 0 aliphatic rings. The molecule has 1 N–H and O–H groups in total. The zero-order valence-corrected chi connectivity index (χ0v) is 25.2. The summed E-state index contributed by atoms with van der Waals surface area (Å²) < 4.78 is 30.3. The minimum Gasteiger partial charge on any atom is -0.316 e. The van der Waals surface area contributed by atoms with Gasteiger partial charge in [0.05, 0.1) is 32.5 Å². The molecule has 0 saturated heterocycles. The van der Waals surface area contributed by atoms with Gasteiger partial charge < -0.3 is 4.57 Å². The van der Waals surface area contributed by atoms with Crippen molar-refractivity contribution in [3.05, 3.63) is 110 Å². The molecule has 0 fully saturated rings. The molecule has 40 heavy (non-hydrogen) atoms. The molecule has 4 rings (SSSR count). The summed E-state index contributed by atoms with van der Waals surface area (Å²) in [4.78, 5) is 13.1. The van der Waals surface area contributed by atoms with Crippen LogP contribution in [0.4, 0.5) is 5.69 Å². The van der Waals surface area contributed by atoms with Gasteiger partial charge in [-0.25, -0.2) is 13.8 Å². The number of carbonyl (C=O) groups excluding carboxylic acids is 1. The molecule has 0 unspecified atom stereocenters. The van der Waals surface area contributed by atoms with Gasteiger partial charge in [-0.1, -0.05) is 53.0 Å². The predicted octanol–water partition coefficient (Wildman–Crippen LogP) is 6.67. The van der Waals surface area contributed by atoms with Crippen molar-refractivity contribution in [2.75, 3.05) is 10.8 Å². The lowest BCUT2D eigenvalue weighted by Crippen LogP contribution is -2.39. The van der Waals surface area contributed by atoms with Gasteiger partial charge in [-0.3, -0.25) is 9.10 Å². The van der Waals surface area contributed by atoms with Gasteiger partial charge in [-0.15, -0.1) is 0 Å². The van der Waals surface area contributed by atoms with Crippen molar-refractivity contribution in [3.8, 4) is 5.69 Å². The lowest BCUT2D eigenvalue weighted by atomic mass is 10.1. The average molecular weight is 598 g/mol. The van der Waals surface area contributed by atoms with E-state index in [0.29, 0.717) is 15.7 Å². The number of halogens is 2. The largest absolute Gasteiger partial charge is 0.316 e. The number of anilines is 1. The second-order valence-electron chi connectivity index (χ2n) is 9.62. The van der Waals surface area contributed by atoms with Crippen LogP contribution < -0.4 is 9.73 Å². The Morgan fingerprint density at radius 3 is 2.33 bits per heavy atom. The molecular weight excluding hydrogens is 567 g/mol. The highest BCUT2D eigenvalue weighted by Gasteiger charge is 2.27. The fourth-order valence-corrected chi connectivity index (χ4v) is 6.12. The van der Waals surface area contributed by atoms with Crippen LogP contribution in [0, 0.1) is 34.6 Å². The van der Waals surface area contributed by atoms with Gasteiger partial charge in [0.25, 0.3) is 15.9 Å². The maximum atomic E-state index is 13.6. The molecule has 0 saturated carbocycles. The van der Waals surface area contributed by atoms with E-state index < -0.39 is 22.5 Å². The Morgan fingerprint density at radius 2 is 1.65 bits per heavy atom. The Kier molecular flexibility index (Phi) is 8.73. The second kappa shape index (κ2) is 11.9. The van der Waals surface area contributed by atoms with Gasteiger partial charge in [-0.05, 0) is 88.2 Å². The number of nitrogens with zero attached hydrogens (tertiary/aromatic N) is 3. The van der Waals surface area contributed by atoms with E-state index >= 15 is 0 Å². The minimum absolute atomic E-state index is 0.0970. The number of hydrazone groups is 1. The fourth-order valence-electron chi connectivity index (χ4n) is 4.33.